The molecular formula is C5H5Cl3O3. The molecule has 0 aromatic rings. The molecule has 0 spiro atoms. The SMILES string of the molecule is CC(=O)C(C(=O)O)C(Cl)(Cl)Cl. The van der Waals surface area contributed by atoms with Crippen LogP contribution in [0, 0.1) is 5.92 Å². The molecule has 0 saturated carbocycles. The number of hydrogen-bond donors (Lipinski definition) is 1. The Bertz CT molecular complexity index is 170. The second-order valence-electron chi connectivity index (χ2n) is 1.92. The molecule has 0 amide bonds. The highest BCUT2D eigenvalue weighted by atomic mass is 35.6. The minimum atomic E-state index is -2.07. The summed E-state index contributed by atoms with van der Waals surface area (Å²) in [5, 5.41) is 8.41. The Labute approximate surface area is 78.2 Å². The molecule has 0 aromatic carbocycles. The van der Waals surface area contributed by atoms with Gasteiger partial charge in [-0.25, -0.2) is 0 Å². The summed E-state index contributed by atoms with van der Waals surface area (Å²) in [6, 6.07) is 0. The van der Waals surface area contributed by atoms with Crippen LogP contribution < -0.4 is 0 Å². The number of carboxylic acid groups (broad SMARTS) is 1. The average molecular weight is 219 g/mol. The zero-order valence-corrected chi connectivity index (χ0v) is 7.74. The molecule has 3 nitrogen and oxygen atoms in total. The van der Waals surface area contributed by atoms with Crippen molar-refractivity contribution in [3.8, 4) is 0 Å². The van der Waals surface area contributed by atoms with Crippen molar-refractivity contribution in [2.75, 3.05) is 0 Å². The first-order chi connectivity index (χ1) is 4.76. The topological polar surface area (TPSA) is 54.4 Å². The van der Waals surface area contributed by atoms with Crippen molar-refractivity contribution in [2.24, 2.45) is 5.92 Å². The van der Waals surface area contributed by atoms with Crippen LogP contribution in [-0.4, -0.2) is 20.7 Å². The summed E-state index contributed by atoms with van der Waals surface area (Å²) in [5.41, 5.74) is 0. The average Bonchev–Trinajstić information content (AvgIpc) is 1.54. The quantitative estimate of drug-likeness (QED) is 0.567. The number of carbonyl (C=O) groups is 2. The zero-order valence-electron chi connectivity index (χ0n) is 5.47. The van der Waals surface area contributed by atoms with Crippen molar-refractivity contribution in [2.45, 2.75) is 10.7 Å². The number of carboxylic acids is 1. The molecule has 0 bridgehead atoms. The molecule has 1 atom stereocenters. The molecule has 0 saturated heterocycles. The fraction of sp³-hybridized carbons (Fsp3) is 0.600. The van der Waals surface area contributed by atoms with E-state index in [2.05, 4.69) is 0 Å². The lowest BCUT2D eigenvalue weighted by Crippen LogP contribution is -2.33. The van der Waals surface area contributed by atoms with Gasteiger partial charge in [0.2, 0.25) is 3.79 Å². The lowest BCUT2D eigenvalue weighted by atomic mass is 10.1. The van der Waals surface area contributed by atoms with E-state index in [-0.39, 0.29) is 0 Å². The van der Waals surface area contributed by atoms with Crippen LogP contribution in [0.2, 0.25) is 0 Å². The van der Waals surface area contributed by atoms with Crippen LogP contribution in [0.1, 0.15) is 6.92 Å². The second kappa shape index (κ2) is 3.61. The monoisotopic (exact) mass is 218 g/mol. The van der Waals surface area contributed by atoms with Gasteiger partial charge in [-0.2, -0.15) is 0 Å². The Morgan fingerprint density at radius 2 is 1.73 bits per heavy atom. The number of aliphatic carboxylic acids is 1. The minimum absolute atomic E-state index is 0.683. The van der Waals surface area contributed by atoms with Gasteiger partial charge in [0.15, 0.2) is 5.92 Å². The fourth-order valence-electron chi connectivity index (χ4n) is 0.544. The van der Waals surface area contributed by atoms with E-state index in [1.165, 1.54) is 0 Å². The van der Waals surface area contributed by atoms with Crippen LogP contribution in [0.25, 0.3) is 0 Å². The molecule has 0 aliphatic rings. The summed E-state index contributed by atoms with van der Waals surface area (Å²) < 4.78 is -2.07. The first-order valence-corrected chi connectivity index (χ1v) is 3.70. The highest BCUT2D eigenvalue weighted by Crippen LogP contribution is 2.35. The predicted molar refractivity (Wildman–Crippen MR) is 42.1 cm³/mol. The standard InChI is InChI=1S/C5H5Cl3O3/c1-2(9)3(4(10)11)5(6,7)8/h3H,1H3,(H,10,11). The summed E-state index contributed by atoms with van der Waals surface area (Å²) in [6.07, 6.45) is 0. The summed E-state index contributed by atoms with van der Waals surface area (Å²) >= 11 is 15.7. The van der Waals surface area contributed by atoms with Crippen LogP contribution >= 0.6 is 34.8 Å². The zero-order chi connectivity index (χ0) is 9.23. The molecule has 0 rings (SSSR count). The number of ketones is 1. The molecule has 6 heteroatoms. The van der Waals surface area contributed by atoms with Gasteiger partial charge < -0.3 is 5.11 Å². The Hall–Kier alpha value is 0.01000. The van der Waals surface area contributed by atoms with Gasteiger partial charge in [-0.3, -0.25) is 9.59 Å². The second-order valence-corrected chi connectivity index (χ2v) is 4.29. The maximum atomic E-state index is 10.6. The third-order valence-corrected chi connectivity index (χ3v) is 1.64. The van der Waals surface area contributed by atoms with Gasteiger partial charge >= 0.3 is 5.97 Å². The molecule has 1 unspecified atom stereocenters. The van der Waals surface area contributed by atoms with Crippen LogP contribution in [0.3, 0.4) is 0 Å². The molecular weight excluding hydrogens is 214 g/mol. The smallest absolute Gasteiger partial charge is 0.318 e. The van der Waals surface area contributed by atoms with Crippen LogP contribution in [0.4, 0.5) is 0 Å². The first-order valence-electron chi connectivity index (χ1n) is 2.56. The molecule has 0 aliphatic carbocycles. The maximum absolute atomic E-state index is 10.6. The third-order valence-electron chi connectivity index (χ3n) is 0.981. The molecule has 0 radical (unpaired) electrons. The molecule has 64 valence electrons. The Kier molecular flexibility index (Phi) is 3.61. The number of rotatable bonds is 2. The molecule has 1 N–H and O–H groups in total. The van der Waals surface area contributed by atoms with Crippen molar-refractivity contribution in [3.05, 3.63) is 0 Å². The number of halogens is 3. The van der Waals surface area contributed by atoms with E-state index >= 15 is 0 Å². The van der Waals surface area contributed by atoms with Crippen LogP contribution in [0.5, 0.6) is 0 Å². The highest BCUT2D eigenvalue weighted by molar-refractivity contribution is 6.69. The van der Waals surface area contributed by atoms with Gasteiger partial charge in [0, 0.05) is 0 Å². The summed E-state index contributed by atoms with van der Waals surface area (Å²) in [7, 11) is 0. The van der Waals surface area contributed by atoms with Gasteiger partial charge in [0.25, 0.3) is 0 Å². The Morgan fingerprint density at radius 1 is 1.36 bits per heavy atom. The number of hydrogen-bond acceptors (Lipinski definition) is 2. The van der Waals surface area contributed by atoms with Crippen molar-refractivity contribution in [3.63, 3.8) is 0 Å². The van der Waals surface area contributed by atoms with Gasteiger partial charge in [-0.05, 0) is 6.92 Å². The normalized spacial score (nSPS) is 14.2. The Morgan fingerprint density at radius 3 is 1.73 bits per heavy atom. The van der Waals surface area contributed by atoms with Gasteiger partial charge in [0.1, 0.15) is 5.78 Å². The van der Waals surface area contributed by atoms with E-state index in [0.29, 0.717) is 0 Å². The van der Waals surface area contributed by atoms with E-state index in [0.717, 1.165) is 6.92 Å². The predicted octanol–water partition coefficient (Wildman–Crippen LogP) is 1.65. The third kappa shape index (κ3) is 3.27. The molecule has 0 aliphatic heterocycles. The van der Waals surface area contributed by atoms with Crippen LogP contribution in [-0.2, 0) is 9.59 Å². The fourth-order valence-corrected chi connectivity index (χ4v) is 1.29. The summed E-state index contributed by atoms with van der Waals surface area (Å²) in [4.78, 5) is 20.9. The molecule has 0 fully saturated rings. The van der Waals surface area contributed by atoms with Crippen molar-refractivity contribution in [1.29, 1.82) is 0 Å². The Balaban J connectivity index is 4.63. The highest BCUT2D eigenvalue weighted by Gasteiger charge is 2.41. The number of Topliss-reactive ketones (excluding diaryl/α,β-unsaturated/α-hetero) is 1. The molecule has 11 heavy (non-hydrogen) atoms. The van der Waals surface area contributed by atoms with Crippen molar-refractivity contribution < 1.29 is 14.7 Å². The molecule has 0 aromatic heterocycles. The van der Waals surface area contributed by atoms with Crippen molar-refractivity contribution in [1.82, 2.24) is 0 Å². The van der Waals surface area contributed by atoms with Gasteiger partial charge in [-0.15, -0.1) is 0 Å². The van der Waals surface area contributed by atoms with Gasteiger partial charge in [-0.1, -0.05) is 34.8 Å². The summed E-state index contributed by atoms with van der Waals surface area (Å²) in [5.74, 6) is -3.71. The first kappa shape index (κ1) is 11.0. The van der Waals surface area contributed by atoms with E-state index in [1.807, 2.05) is 0 Å². The van der Waals surface area contributed by atoms with Crippen molar-refractivity contribution >= 4 is 46.6 Å². The van der Waals surface area contributed by atoms with E-state index in [9.17, 15) is 9.59 Å². The summed E-state index contributed by atoms with van der Waals surface area (Å²) in [6.45, 7) is 1.06. The van der Waals surface area contributed by atoms with E-state index in [1.54, 1.807) is 0 Å². The lowest BCUT2D eigenvalue weighted by molar-refractivity contribution is -0.145. The minimum Gasteiger partial charge on any atom is -0.481 e. The van der Waals surface area contributed by atoms with E-state index < -0.39 is 21.5 Å². The largest absolute Gasteiger partial charge is 0.481 e. The van der Waals surface area contributed by atoms with E-state index in [4.69, 9.17) is 39.9 Å². The van der Waals surface area contributed by atoms with Gasteiger partial charge in [0.05, 0.1) is 0 Å². The van der Waals surface area contributed by atoms with Crippen LogP contribution in [0.15, 0.2) is 0 Å². The lowest BCUT2D eigenvalue weighted by Gasteiger charge is -2.16. The number of carbonyl (C=O) groups excluding carboxylic acids is 1. The maximum Gasteiger partial charge on any atom is 0.318 e. The molecule has 0 heterocycles. The number of alkyl halides is 3.